The molecule has 4 amide bonds. The zero-order valence-corrected chi connectivity index (χ0v) is 55.4. The Morgan fingerprint density at radius 1 is 0.349 bits per heavy atom. The van der Waals surface area contributed by atoms with Gasteiger partial charge in [0.25, 0.3) is 0 Å². The molecule has 0 aliphatic heterocycles. The third-order valence-corrected chi connectivity index (χ3v) is 16.4. The number of amides is 4. The largest absolute Gasteiger partial charge is 0.466 e. The smallest absolute Gasteiger partial charge is 0.305 e. The van der Waals surface area contributed by atoms with Gasteiger partial charge in [-0.25, -0.2) is 21.9 Å². The molecule has 9 unspecified atom stereocenters. The number of nitrogens with one attached hydrogen (secondary N) is 8. The summed E-state index contributed by atoms with van der Waals surface area (Å²) in [4.78, 5) is 84.1. The van der Waals surface area contributed by atoms with Gasteiger partial charge in [-0.05, 0) is 130 Å². The van der Waals surface area contributed by atoms with E-state index in [0.29, 0.717) is 83.8 Å². The Bertz CT molecular complexity index is 1630. The molecule has 0 rings (SSSR count). The third-order valence-electron chi connectivity index (χ3n) is 16.4. The first-order chi connectivity index (χ1) is 41.6. The van der Waals surface area contributed by atoms with Crippen molar-refractivity contribution in [1.82, 2.24) is 53.0 Å². The number of hydroxylamine groups is 4. The van der Waals surface area contributed by atoms with Crippen LogP contribution in [0.15, 0.2) is 0 Å². The number of carbonyl (C=O) groups excluding carboxylic acids is 6. The second-order valence-corrected chi connectivity index (χ2v) is 24.0. The molecule has 22 heteroatoms. The van der Waals surface area contributed by atoms with Crippen LogP contribution in [0.5, 0.6) is 0 Å². The van der Waals surface area contributed by atoms with Crippen molar-refractivity contribution in [3.8, 4) is 0 Å². The Labute approximate surface area is 520 Å². The minimum atomic E-state index is -0.836. The van der Waals surface area contributed by atoms with Crippen LogP contribution in [0.25, 0.3) is 0 Å². The van der Waals surface area contributed by atoms with Crippen molar-refractivity contribution in [3.63, 3.8) is 0 Å². The quantitative estimate of drug-likeness (QED) is 0.0153. The molecule has 0 saturated heterocycles. The van der Waals surface area contributed by atoms with Gasteiger partial charge in [0.1, 0.15) is 24.2 Å². The summed E-state index contributed by atoms with van der Waals surface area (Å²) in [6, 6.07) is -5.94. The minimum Gasteiger partial charge on any atom is -0.466 e. The van der Waals surface area contributed by atoms with Gasteiger partial charge in [-0.3, -0.25) is 38.6 Å². The van der Waals surface area contributed by atoms with Crippen molar-refractivity contribution in [2.75, 3.05) is 52.5 Å². The summed E-state index contributed by atoms with van der Waals surface area (Å²) in [5.41, 5.74) is 8.80. The topological polar surface area (TPSA) is 305 Å². The summed E-state index contributed by atoms with van der Waals surface area (Å²) >= 11 is 0. The molecule has 0 heterocycles. The summed E-state index contributed by atoms with van der Waals surface area (Å²) in [7, 11) is 0. The molecule has 0 radical (unpaired) electrons. The second kappa shape index (κ2) is 55.8. The lowest BCUT2D eigenvalue weighted by Gasteiger charge is -2.33. The van der Waals surface area contributed by atoms with E-state index in [1.165, 1.54) is 9.80 Å². The highest BCUT2D eigenvalue weighted by atomic mass is 16.5. The lowest BCUT2D eigenvalue weighted by Crippen LogP contribution is -2.62. The molecule has 9 atom stereocenters. The summed E-state index contributed by atoms with van der Waals surface area (Å²) < 4.78 is 11.1. The Kier molecular flexibility index (Phi) is 53.7. The van der Waals surface area contributed by atoms with Gasteiger partial charge in [-0.1, -0.05) is 157 Å². The van der Waals surface area contributed by atoms with Crippen LogP contribution in [0, 0.1) is 5.92 Å². The highest BCUT2D eigenvalue weighted by molar-refractivity contribution is 6.01. The van der Waals surface area contributed by atoms with E-state index in [1.807, 2.05) is 0 Å². The van der Waals surface area contributed by atoms with Crippen molar-refractivity contribution in [1.29, 1.82) is 0 Å². The molecule has 0 aromatic rings. The molecule has 86 heavy (non-hydrogen) atoms. The summed E-state index contributed by atoms with van der Waals surface area (Å²) in [5.74, 6) is -1.51. The van der Waals surface area contributed by atoms with Crippen molar-refractivity contribution in [2.24, 2.45) is 5.92 Å². The van der Waals surface area contributed by atoms with Gasteiger partial charge >= 0.3 is 11.9 Å². The average molecular weight is 1230 g/mol. The highest BCUT2D eigenvalue weighted by Gasteiger charge is 2.38. The number of imide groups is 2. The van der Waals surface area contributed by atoms with E-state index < -0.39 is 72.0 Å². The minimum absolute atomic E-state index is 0.190. The maximum absolute atomic E-state index is 14.1. The maximum Gasteiger partial charge on any atom is 0.305 e. The van der Waals surface area contributed by atoms with Crippen molar-refractivity contribution < 1.29 is 59.1 Å². The van der Waals surface area contributed by atoms with Crippen LogP contribution >= 0.6 is 0 Å². The fourth-order valence-corrected chi connectivity index (χ4v) is 10.5. The number of carbonyl (C=O) groups is 6. The van der Waals surface area contributed by atoms with Crippen molar-refractivity contribution >= 4 is 35.6 Å². The van der Waals surface area contributed by atoms with E-state index in [0.717, 1.165) is 167 Å². The molecule has 0 fully saturated rings. The Balaban J connectivity index is 4.76. The molecule has 0 bridgehead atoms. The predicted molar refractivity (Wildman–Crippen MR) is 340 cm³/mol. The van der Waals surface area contributed by atoms with E-state index in [-0.39, 0.29) is 25.0 Å². The lowest BCUT2D eigenvalue weighted by molar-refractivity contribution is -0.151. The first kappa shape index (κ1) is 82.7. The Hall–Kier alpha value is -3.26. The standard InChI is InChI=1S/C64H128N10O12/c1-10-15-30-42-65-57(50(6)69-81)61(77)73(62(78)58(51(7)70-82)66-43-31-16-11-2)46-34-23-19-21-27-40-55(75)85-48-36-25-26-38-54(14-5)39-29-37-49-86-56(76)41-28-22-20-24-35-47-74(63(79)59(52(8)71-83)67-44-32-17-12-3)64(80)60(53(9)72-84)68-45-33-18-13-4/h50-54,57-60,65-72,81-84H,10-49H2,1-9H3. The number of nitrogens with zero attached hydrogens (tertiary/aromatic N) is 2. The fourth-order valence-electron chi connectivity index (χ4n) is 10.5. The molecular formula is C64H128N10O12. The molecule has 0 aromatic carbocycles. The zero-order chi connectivity index (χ0) is 64.2. The second-order valence-electron chi connectivity index (χ2n) is 24.0. The molecule has 22 nitrogen and oxygen atoms in total. The van der Waals surface area contributed by atoms with Gasteiger partial charge < -0.3 is 51.6 Å². The normalized spacial score (nSPS) is 14.8. The van der Waals surface area contributed by atoms with Crippen LogP contribution in [-0.2, 0) is 38.2 Å². The van der Waals surface area contributed by atoms with Gasteiger partial charge in [0.15, 0.2) is 0 Å². The number of hydrogen-bond acceptors (Lipinski definition) is 20. The molecule has 0 spiro atoms. The highest BCUT2D eigenvalue weighted by Crippen LogP contribution is 2.21. The maximum atomic E-state index is 14.1. The van der Waals surface area contributed by atoms with Crippen LogP contribution in [0.2, 0.25) is 0 Å². The molecule has 0 aliphatic rings. The lowest BCUT2D eigenvalue weighted by atomic mass is 9.93. The Morgan fingerprint density at radius 3 is 0.907 bits per heavy atom. The van der Waals surface area contributed by atoms with Crippen molar-refractivity contribution in [3.05, 3.63) is 0 Å². The molecule has 506 valence electrons. The molecule has 12 N–H and O–H groups in total. The molecular weight excluding hydrogens is 1100 g/mol. The van der Waals surface area contributed by atoms with Gasteiger partial charge in [0.05, 0.1) is 37.4 Å². The number of hydrogen-bond donors (Lipinski definition) is 12. The van der Waals surface area contributed by atoms with Crippen LogP contribution in [-0.4, -0.2) is 167 Å². The van der Waals surface area contributed by atoms with Gasteiger partial charge in [-0.15, -0.1) is 0 Å². The van der Waals surface area contributed by atoms with Crippen molar-refractivity contribution in [2.45, 2.75) is 316 Å². The summed E-state index contributed by atoms with van der Waals surface area (Å²) in [6.07, 6.45) is 27.3. The summed E-state index contributed by atoms with van der Waals surface area (Å²) in [5, 5.41) is 52.3. The average Bonchev–Trinajstić information content (AvgIpc) is 3.71. The number of rotatable bonds is 60. The van der Waals surface area contributed by atoms with E-state index in [4.69, 9.17) is 9.47 Å². The number of ether oxygens (including phenoxy) is 2. The molecule has 0 aliphatic carbocycles. The number of esters is 2. The van der Waals surface area contributed by atoms with Gasteiger partial charge in [0, 0.05) is 25.9 Å². The Morgan fingerprint density at radius 2 is 0.616 bits per heavy atom. The fraction of sp³-hybridized carbons (Fsp3) is 0.906. The SMILES string of the molecule is CCCCCNC(C(=O)N(CCCCCCCC(=O)OCCCCCC(CC)CCCCOC(=O)CCCCCCCN(C(=O)C(NCCCCC)C(C)NO)C(=O)C(NCCCCC)C(C)NO)C(=O)C(NCCCCC)C(C)NO)C(C)NO. The van der Waals surface area contributed by atoms with Gasteiger partial charge in [-0.2, -0.15) is 0 Å². The van der Waals surface area contributed by atoms with Crippen LogP contribution < -0.4 is 43.2 Å². The monoisotopic (exact) mass is 1230 g/mol. The predicted octanol–water partition coefficient (Wildman–Crippen LogP) is 9.28. The van der Waals surface area contributed by atoms with Crippen LogP contribution in [0.3, 0.4) is 0 Å². The number of unbranched alkanes of at least 4 members (excludes halogenated alkanes) is 19. The van der Waals surface area contributed by atoms with Crippen LogP contribution in [0.1, 0.15) is 268 Å². The van der Waals surface area contributed by atoms with E-state index in [1.54, 1.807) is 27.7 Å². The first-order valence-electron chi connectivity index (χ1n) is 34.1. The van der Waals surface area contributed by atoms with E-state index in [2.05, 4.69) is 77.8 Å². The van der Waals surface area contributed by atoms with Gasteiger partial charge in [0.2, 0.25) is 23.6 Å². The zero-order valence-electron chi connectivity index (χ0n) is 55.4. The molecule has 0 saturated carbocycles. The molecule has 0 aromatic heterocycles. The van der Waals surface area contributed by atoms with E-state index in [9.17, 15) is 49.6 Å². The first-order valence-corrected chi connectivity index (χ1v) is 34.1. The third kappa shape index (κ3) is 38.3. The van der Waals surface area contributed by atoms with E-state index >= 15 is 0 Å². The summed E-state index contributed by atoms with van der Waals surface area (Å²) in [6.45, 7) is 20.8. The van der Waals surface area contributed by atoms with Crippen LogP contribution in [0.4, 0.5) is 0 Å².